The fourth-order valence-corrected chi connectivity index (χ4v) is 2.16. The van der Waals surface area contributed by atoms with Crippen molar-refractivity contribution in [3.05, 3.63) is 34.3 Å². The molecule has 1 aliphatic heterocycles. The number of benzene rings is 1. The van der Waals surface area contributed by atoms with Gasteiger partial charge in [-0.2, -0.15) is 0 Å². The highest BCUT2D eigenvalue weighted by molar-refractivity contribution is 9.10. The van der Waals surface area contributed by atoms with E-state index in [-0.39, 0.29) is 24.1 Å². The number of carbonyl (C=O) groups is 1. The number of ketones is 1. The minimum atomic E-state index is 0. The highest BCUT2D eigenvalue weighted by Crippen LogP contribution is 2.18. The summed E-state index contributed by atoms with van der Waals surface area (Å²) < 4.78 is 0.967. The minimum absolute atomic E-state index is 0. The average molecular weight is 291 g/mol. The third-order valence-corrected chi connectivity index (χ3v) is 3.03. The number of nitrogens with one attached hydrogen (secondary N) is 1. The van der Waals surface area contributed by atoms with Crippen molar-refractivity contribution in [3.63, 3.8) is 0 Å². The molecule has 15 heavy (non-hydrogen) atoms. The van der Waals surface area contributed by atoms with Crippen LogP contribution in [0.25, 0.3) is 0 Å². The van der Waals surface area contributed by atoms with E-state index in [4.69, 9.17) is 0 Å². The Labute approximate surface area is 104 Å². The molecule has 2 rings (SSSR count). The molecule has 1 heterocycles. The smallest absolute Gasteiger partial charge is 0.167 e. The van der Waals surface area contributed by atoms with Crippen molar-refractivity contribution in [1.29, 1.82) is 0 Å². The molecule has 0 bridgehead atoms. The molecule has 4 heteroatoms. The summed E-state index contributed by atoms with van der Waals surface area (Å²) in [6.45, 7) is 1.79. The molecule has 0 radical (unpaired) electrons. The highest BCUT2D eigenvalue weighted by Gasteiger charge is 2.23. The van der Waals surface area contributed by atoms with Gasteiger partial charge in [0.1, 0.15) is 0 Å². The largest absolute Gasteiger partial charge is 0.316 e. The quantitative estimate of drug-likeness (QED) is 0.849. The first-order chi connectivity index (χ1) is 6.77. The molecule has 1 aromatic carbocycles. The molecule has 1 saturated heterocycles. The maximum Gasteiger partial charge on any atom is 0.167 e. The average Bonchev–Trinajstić information content (AvgIpc) is 2.69. The van der Waals surface area contributed by atoms with Crippen LogP contribution in [0.4, 0.5) is 0 Å². The molecule has 0 aliphatic carbocycles. The van der Waals surface area contributed by atoms with Crippen molar-refractivity contribution in [2.24, 2.45) is 5.92 Å². The van der Waals surface area contributed by atoms with Crippen LogP contribution in [0.3, 0.4) is 0 Å². The Hall–Kier alpha value is -0.380. The third kappa shape index (κ3) is 3.03. The van der Waals surface area contributed by atoms with E-state index in [2.05, 4.69) is 21.2 Å². The molecule has 1 fully saturated rings. The van der Waals surface area contributed by atoms with Gasteiger partial charge in [-0.3, -0.25) is 4.79 Å². The van der Waals surface area contributed by atoms with Crippen LogP contribution < -0.4 is 5.32 Å². The van der Waals surface area contributed by atoms with Crippen LogP contribution in [0.2, 0.25) is 0 Å². The van der Waals surface area contributed by atoms with E-state index in [0.717, 1.165) is 29.5 Å². The van der Waals surface area contributed by atoms with Crippen LogP contribution in [-0.4, -0.2) is 18.9 Å². The second kappa shape index (κ2) is 5.64. The van der Waals surface area contributed by atoms with Crippen LogP contribution in [0.1, 0.15) is 16.8 Å². The molecule has 1 aliphatic rings. The van der Waals surface area contributed by atoms with Crippen LogP contribution in [0.5, 0.6) is 0 Å². The predicted octanol–water partition coefficient (Wildman–Crippen LogP) is 2.66. The Morgan fingerprint density at radius 3 is 2.87 bits per heavy atom. The van der Waals surface area contributed by atoms with Gasteiger partial charge in [-0.25, -0.2) is 0 Å². The summed E-state index contributed by atoms with van der Waals surface area (Å²) in [4.78, 5) is 11.9. The molecule has 0 spiro atoms. The topological polar surface area (TPSA) is 29.1 Å². The molecule has 1 unspecified atom stereocenters. The minimum Gasteiger partial charge on any atom is -0.316 e. The molecule has 2 nitrogen and oxygen atoms in total. The van der Waals surface area contributed by atoms with Crippen LogP contribution in [-0.2, 0) is 0 Å². The molecule has 1 atom stereocenters. The Morgan fingerprint density at radius 1 is 1.47 bits per heavy atom. The molecule has 0 saturated carbocycles. The summed E-state index contributed by atoms with van der Waals surface area (Å²) in [5, 5.41) is 3.21. The van der Waals surface area contributed by atoms with Gasteiger partial charge in [0, 0.05) is 22.5 Å². The van der Waals surface area contributed by atoms with E-state index < -0.39 is 0 Å². The lowest BCUT2D eigenvalue weighted by Crippen LogP contribution is -2.17. The Bertz CT molecular complexity index is 350. The second-order valence-electron chi connectivity index (χ2n) is 3.56. The summed E-state index contributed by atoms with van der Waals surface area (Å²) in [5.74, 6) is 0.431. The fraction of sp³-hybridized carbons (Fsp3) is 0.364. The summed E-state index contributed by atoms with van der Waals surface area (Å²) >= 11 is 3.37. The SMILES string of the molecule is Cl.O=C(c1cccc(Br)c1)C1CCNC1. The third-order valence-electron chi connectivity index (χ3n) is 2.54. The van der Waals surface area contributed by atoms with Crippen LogP contribution in [0.15, 0.2) is 28.7 Å². The van der Waals surface area contributed by atoms with Gasteiger partial charge in [-0.15, -0.1) is 12.4 Å². The lowest BCUT2D eigenvalue weighted by molar-refractivity contribution is 0.0930. The number of hydrogen-bond acceptors (Lipinski definition) is 2. The Balaban J connectivity index is 0.00000112. The van der Waals surface area contributed by atoms with Gasteiger partial charge in [-0.05, 0) is 25.1 Å². The van der Waals surface area contributed by atoms with Gasteiger partial charge in [0.05, 0.1) is 0 Å². The van der Waals surface area contributed by atoms with Crippen molar-refractivity contribution < 1.29 is 4.79 Å². The maximum atomic E-state index is 11.9. The van der Waals surface area contributed by atoms with E-state index in [9.17, 15) is 4.79 Å². The molecule has 0 amide bonds. The number of Topliss-reactive ketones (excluding diaryl/α,β-unsaturated/α-hetero) is 1. The van der Waals surface area contributed by atoms with E-state index in [1.165, 1.54) is 0 Å². The normalized spacial score (nSPS) is 19.7. The summed E-state index contributed by atoms with van der Waals surface area (Å²) in [7, 11) is 0. The van der Waals surface area contributed by atoms with Gasteiger partial charge in [0.25, 0.3) is 0 Å². The first kappa shape index (κ1) is 12.7. The first-order valence-corrected chi connectivity index (χ1v) is 5.57. The van der Waals surface area contributed by atoms with Crippen molar-refractivity contribution in [2.75, 3.05) is 13.1 Å². The van der Waals surface area contributed by atoms with E-state index in [1.807, 2.05) is 24.3 Å². The zero-order chi connectivity index (χ0) is 9.97. The van der Waals surface area contributed by atoms with Gasteiger partial charge < -0.3 is 5.32 Å². The molecule has 1 aromatic rings. The summed E-state index contributed by atoms with van der Waals surface area (Å²) in [5.41, 5.74) is 0.813. The summed E-state index contributed by atoms with van der Waals surface area (Å²) in [6.07, 6.45) is 0.964. The highest BCUT2D eigenvalue weighted by atomic mass is 79.9. The zero-order valence-corrected chi connectivity index (χ0v) is 10.6. The molecule has 0 aromatic heterocycles. The number of hydrogen-bond donors (Lipinski definition) is 1. The van der Waals surface area contributed by atoms with E-state index >= 15 is 0 Å². The van der Waals surface area contributed by atoms with Gasteiger partial charge in [-0.1, -0.05) is 28.1 Å². The molecular weight excluding hydrogens is 277 g/mol. The summed E-state index contributed by atoms with van der Waals surface area (Å²) in [6, 6.07) is 7.61. The second-order valence-corrected chi connectivity index (χ2v) is 4.48. The zero-order valence-electron chi connectivity index (χ0n) is 8.20. The lowest BCUT2D eigenvalue weighted by atomic mass is 9.97. The number of rotatable bonds is 2. The van der Waals surface area contributed by atoms with Crippen molar-refractivity contribution in [1.82, 2.24) is 5.32 Å². The fourth-order valence-electron chi connectivity index (χ4n) is 1.76. The Morgan fingerprint density at radius 2 is 2.27 bits per heavy atom. The van der Waals surface area contributed by atoms with Crippen LogP contribution in [0, 0.1) is 5.92 Å². The maximum absolute atomic E-state index is 11.9. The van der Waals surface area contributed by atoms with Crippen molar-refractivity contribution in [3.8, 4) is 0 Å². The lowest BCUT2D eigenvalue weighted by Gasteiger charge is -2.06. The van der Waals surface area contributed by atoms with E-state index in [1.54, 1.807) is 0 Å². The van der Waals surface area contributed by atoms with Gasteiger partial charge in [0.15, 0.2) is 5.78 Å². The number of halogens is 2. The van der Waals surface area contributed by atoms with Gasteiger partial charge in [0.2, 0.25) is 0 Å². The van der Waals surface area contributed by atoms with Crippen molar-refractivity contribution in [2.45, 2.75) is 6.42 Å². The monoisotopic (exact) mass is 289 g/mol. The number of carbonyl (C=O) groups excluding carboxylic acids is 1. The van der Waals surface area contributed by atoms with Crippen molar-refractivity contribution >= 4 is 34.1 Å². The predicted molar refractivity (Wildman–Crippen MR) is 66.7 cm³/mol. The van der Waals surface area contributed by atoms with Crippen LogP contribution >= 0.6 is 28.3 Å². The molecule has 1 N–H and O–H groups in total. The Kier molecular flexibility index (Phi) is 4.77. The standard InChI is InChI=1S/C11H12BrNO.ClH/c12-10-3-1-2-8(6-10)11(14)9-4-5-13-7-9;/h1-3,6,9,13H,4-5,7H2;1H. The first-order valence-electron chi connectivity index (χ1n) is 4.78. The molecular formula is C11H13BrClNO. The molecule has 82 valence electrons. The van der Waals surface area contributed by atoms with E-state index in [0.29, 0.717) is 0 Å². The van der Waals surface area contributed by atoms with Gasteiger partial charge >= 0.3 is 0 Å².